The van der Waals surface area contributed by atoms with Crippen molar-refractivity contribution in [3.63, 3.8) is 0 Å². The number of nitrogens with one attached hydrogen (secondary N) is 1. The van der Waals surface area contributed by atoms with Crippen LogP contribution in [0, 0.1) is 0 Å². The third-order valence-electron chi connectivity index (χ3n) is 4.86. The predicted molar refractivity (Wildman–Crippen MR) is 115 cm³/mol. The molecule has 0 unspecified atom stereocenters. The van der Waals surface area contributed by atoms with Crippen LogP contribution in [0.5, 0.6) is 5.75 Å². The van der Waals surface area contributed by atoms with Crippen LogP contribution in [-0.4, -0.2) is 81.1 Å². The molecular formula is C20H25N5O6S. The predicted octanol–water partition coefficient (Wildman–Crippen LogP) is 0.0440. The number of esters is 1. The summed E-state index contributed by atoms with van der Waals surface area (Å²) in [5.74, 6) is -0.0833. The summed E-state index contributed by atoms with van der Waals surface area (Å²) in [4.78, 5) is 36.5. The van der Waals surface area contributed by atoms with Crippen molar-refractivity contribution in [3.8, 4) is 5.75 Å². The Morgan fingerprint density at radius 2 is 1.72 bits per heavy atom. The number of anilines is 1. The van der Waals surface area contributed by atoms with Crippen molar-refractivity contribution in [3.05, 3.63) is 42.7 Å². The molecule has 0 aliphatic carbocycles. The van der Waals surface area contributed by atoms with E-state index in [1.54, 1.807) is 23.4 Å². The second kappa shape index (κ2) is 10.4. The summed E-state index contributed by atoms with van der Waals surface area (Å²) >= 11 is 0. The van der Waals surface area contributed by atoms with Gasteiger partial charge < -0.3 is 19.3 Å². The summed E-state index contributed by atoms with van der Waals surface area (Å²) in [5.41, 5.74) is 0. The van der Waals surface area contributed by atoms with Crippen molar-refractivity contribution in [2.75, 3.05) is 44.8 Å². The second-order valence-electron chi connectivity index (χ2n) is 7.04. The summed E-state index contributed by atoms with van der Waals surface area (Å²) in [7, 11) is -2.47. The maximum Gasteiger partial charge on any atom is 0.324 e. The number of carbonyl (C=O) groups is 2. The highest BCUT2D eigenvalue weighted by Crippen LogP contribution is 2.16. The van der Waals surface area contributed by atoms with Crippen LogP contribution in [0.15, 0.2) is 47.6 Å². The summed E-state index contributed by atoms with van der Waals surface area (Å²) < 4.78 is 37.1. The highest BCUT2D eigenvalue weighted by atomic mass is 32.2. The largest absolute Gasteiger partial charge is 0.497 e. The van der Waals surface area contributed by atoms with Crippen LogP contribution in [-0.2, 0) is 24.3 Å². The number of amides is 1. The molecule has 172 valence electrons. The first-order valence-corrected chi connectivity index (χ1v) is 11.4. The second-order valence-corrected chi connectivity index (χ2v) is 8.76. The number of rotatable bonds is 8. The van der Waals surface area contributed by atoms with E-state index < -0.39 is 28.6 Å². The number of hydrogen-bond acceptors (Lipinski definition) is 9. The summed E-state index contributed by atoms with van der Waals surface area (Å²) in [6.45, 7) is 2.88. The average Bonchev–Trinajstić information content (AvgIpc) is 2.82. The smallest absolute Gasteiger partial charge is 0.324 e. The number of nitrogens with zero attached hydrogens (tertiary/aromatic N) is 4. The standard InChI is InChI=1S/C20H25N5O6S/c1-15(23-32(28,29)17-6-4-16(30-2)5-7-17)19(27)31-14-18(26)24-10-12-25(13-11-24)20-21-8-3-9-22-20/h3-9,15,23H,10-14H2,1-2H3/t15-/m0/s1. The number of benzene rings is 1. The number of carbonyl (C=O) groups excluding carboxylic acids is 2. The highest BCUT2D eigenvalue weighted by molar-refractivity contribution is 7.89. The molecule has 2 aromatic rings. The molecule has 1 N–H and O–H groups in total. The molecule has 0 radical (unpaired) electrons. The Labute approximate surface area is 186 Å². The number of methoxy groups -OCH3 is 1. The lowest BCUT2D eigenvalue weighted by atomic mass is 10.3. The fraction of sp³-hybridized carbons (Fsp3) is 0.400. The minimum absolute atomic E-state index is 0.0192. The molecule has 1 amide bonds. The van der Waals surface area contributed by atoms with Crippen molar-refractivity contribution in [2.45, 2.75) is 17.9 Å². The molecule has 1 aliphatic heterocycles. The molecular weight excluding hydrogens is 438 g/mol. The van der Waals surface area contributed by atoms with Crippen LogP contribution < -0.4 is 14.4 Å². The van der Waals surface area contributed by atoms with Gasteiger partial charge in [-0.3, -0.25) is 9.59 Å². The Kier molecular flexibility index (Phi) is 7.59. The van der Waals surface area contributed by atoms with Gasteiger partial charge in [-0.15, -0.1) is 0 Å². The molecule has 3 rings (SSSR count). The molecule has 1 aliphatic rings. The molecule has 1 atom stereocenters. The molecule has 11 nitrogen and oxygen atoms in total. The summed E-state index contributed by atoms with van der Waals surface area (Å²) in [6.07, 6.45) is 3.31. The first kappa shape index (κ1) is 23.4. The minimum Gasteiger partial charge on any atom is -0.497 e. The van der Waals surface area contributed by atoms with E-state index in [-0.39, 0.29) is 10.8 Å². The van der Waals surface area contributed by atoms with E-state index in [4.69, 9.17) is 9.47 Å². The Morgan fingerprint density at radius 1 is 1.09 bits per heavy atom. The third-order valence-corrected chi connectivity index (χ3v) is 6.42. The van der Waals surface area contributed by atoms with Crippen LogP contribution in [0.25, 0.3) is 0 Å². The number of ether oxygens (including phenoxy) is 2. The van der Waals surface area contributed by atoms with E-state index in [0.717, 1.165) is 0 Å². The molecule has 12 heteroatoms. The zero-order valence-electron chi connectivity index (χ0n) is 17.8. The van der Waals surface area contributed by atoms with Gasteiger partial charge in [0.2, 0.25) is 16.0 Å². The lowest BCUT2D eigenvalue weighted by Crippen LogP contribution is -2.50. The van der Waals surface area contributed by atoms with E-state index in [2.05, 4.69) is 14.7 Å². The van der Waals surface area contributed by atoms with Crippen LogP contribution in [0.2, 0.25) is 0 Å². The maximum atomic E-state index is 12.4. The van der Waals surface area contributed by atoms with Crippen molar-refractivity contribution in [1.29, 1.82) is 0 Å². The molecule has 1 aromatic carbocycles. The molecule has 2 heterocycles. The van der Waals surface area contributed by atoms with Crippen molar-refractivity contribution in [2.24, 2.45) is 0 Å². The van der Waals surface area contributed by atoms with Crippen molar-refractivity contribution in [1.82, 2.24) is 19.6 Å². The lowest BCUT2D eigenvalue weighted by molar-refractivity contribution is -0.153. The third kappa shape index (κ3) is 5.92. The van der Waals surface area contributed by atoms with E-state index in [0.29, 0.717) is 37.9 Å². The van der Waals surface area contributed by atoms with Gasteiger partial charge in [-0.05, 0) is 37.3 Å². The van der Waals surface area contributed by atoms with Crippen LogP contribution >= 0.6 is 0 Å². The Morgan fingerprint density at radius 3 is 2.31 bits per heavy atom. The Hall–Kier alpha value is -3.25. The van der Waals surface area contributed by atoms with Gasteiger partial charge in [0.25, 0.3) is 5.91 Å². The number of piperazine rings is 1. The molecule has 1 saturated heterocycles. The summed E-state index contributed by atoms with van der Waals surface area (Å²) in [5, 5.41) is 0. The van der Waals surface area contributed by atoms with Crippen LogP contribution in [0.4, 0.5) is 5.95 Å². The zero-order chi connectivity index (χ0) is 23.1. The van der Waals surface area contributed by atoms with E-state index in [1.165, 1.54) is 38.3 Å². The molecule has 0 saturated carbocycles. The van der Waals surface area contributed by atoms with E-state index in [1.807, 2.05) is 4.90 Å². The van der Waals surface area contributed by atoms with Gasteiger partial charge >= 0.3 is 5.97 Å². The highest BCUT2D eigenvalue weighted by Gasteiger charge is 2.26. The molecule has 0 bridgehead atoms. The van der Waals surface area contributed by atoms with Gasteiger partial charge in [-0.25, -0.2) is 18.4 Å². The van der Waals surface area contributed by atoms with Gasteiger partial charge in [0, 0.05) is 38.6 Å². The molecule has 32 heavy (non-hydrogen) atoms. The number of aromatic nitrogens is 2. The normalized spacial score (nSPS) is 15.2. The van der Waals surface area contributed by atoms with Gasteiger partial charge in [0.05, 0.1) is 12.0 Å². The van der Waals surface area contributed by atoms with E-state index in [9.17, 15) is 18.0 Å². The van der Waals surface area contributed by atoms with Gasteiger partial charge in [0.15, 0.2) is 6.61 Å². The van der Waals surface area contributed by atoms with E-state index >= 15 is 0 Å². The topological polar surface area (TPSA) is 131 Å². The van der Waals surface area contributed by atoms with Crippen molar-refractivity contribution < 1.29 is 27.5 Å². The number of sulfonamides is 1. The zero-order valence-corrected chi connectivity index (χ0v) is 18.6. The monoisotopic (exact) mass is 463 g/mol. The van der Waals surface area contributed by atoms with Crippen molar-refractivity contribution >= 4 is 27.8 Å². The molecule has 1 aromatic heterocycles. The summed E-state index contributed by atoms with van der Waals surface area (Å²) in [6, 6.07) is 6.29. The first-order chi connectivity index (χ1) is 15.3. The van der Waals surface area contributed by atoms with Gasteiger partial charge in [-0.1, -0.05) is 0 Å². The van der Waals surface area contributed by atoms with Gasteiger partial charge in [0.1, 0.15) is 11.8 Å². The molecule has 0 spiro atoms. The Bertz CT molecular complexity index is 1020. The first-order valence-electron chi connectivity index (χ1n) is 9.93. The van der Waals surface area contributed by atoms with Crippen LogP contribution in [0.1, 0.15) is 6.92 Å². The molecule has 1 fully saturated rings. The van der Waals surface area contributed by atoms with Gasteiger partial charge in [-0.2, -0.15) is 4.72 Å². The number of hydrogen-bond donors (Lipinski definition) is 1. The lowest BCUT2D eigenvalue weighted by Gasteiger charge is -2.34. The fourth-order valence-corrected chi connectivity index (χ4v) is 4.26. The Balaban J connectivity index is 1.45. The SMILES string of the molecule is COc1ccc(S(=O)(=O)N[C@@H](C)C(=O)OCC(=O)N2CCN(c3ncccn3)CC2)cc1. The minimum atomic E-state index is -3.94. The quantitative estimate of drug-likeness (QED) is 0.539. The maximum absolute atomic E-state index is 12.4. The fourth-order valence-electron chi connectivity index (χ4n) is 3.06. The van der Waals surface area contributed by atoms with Crippen LogP contribution in [0.3, 0.4) is 0 Å². The average molecular weight is 464 g/mol.